The van der Waals surface area contributed by atoms with E-state index >= 15 is 0 Å². The maximum Gasteiger partial charge on any atom is 0.416 e. The van der Waals surface area contributed by atoms with Gasteiger partial charge in [0.1, 0.15) is 11.8 Å². The number of rotatable bonds is 9. The highest BCUT2D eigenvalue weighted by atomic mass is 32.1. The number of alkyl halides is 3. The number of anilines is 2. The summed E-state index contributed by atoms with van der Waals surface area (Å²) in [6.45, 7) is 2.69. The van der Waals surface area contributed by atoms with Gasteiger partial charge in [0.15, 0.2) is 5.11 Å². The minimum Gasteiger partial charge on any atom is -0.494 e. The highest BCUT2D eigenvalue weighted by Gasteiger charge is 2.44. The molecule has 0 radical (unpaired) electrons. The summed E-state index contributed by atoms with van der Waals surface area (Å²) in [5.41, 5.74) is 0.641. The van der Waals surface area contributed by atoms with E-state index in [0.717, 1.165) is 22.6 Å². The Bertz CT molecular complexity index is 1300. The number of hydrogen-bond donors (Lipinski definition) is 1. The van der Waals surface area contributed by atoms with Crippen molar-refractivity contribution in [2.24, 2.45) is 0 Å². The zero-order chi connectivity index (χ0) is 27.3. The maximum atomic E-state index is 13.5. The second-order valence-corrected chi connectivity index (χ2v) is 9.02. The third-order valence-electron chi connectivity index (χ3n) is 6.06. The highest BCUT2D eigenvalue weighted by molar-refractivity contribution is 7.80. The van der Waals surface area contributed by atoms with E-state index in [1.807, 2.05) is 37.3 Å². The molecule has 198 valence electrons. The summed E-state index contributed by atoms with van der Waals surface area (Å²) in [4.78, 5) is 29.2. The lowest BCUT2D eigenvalue weighted by molar-refractivity contribution is -0.137. The first kappa shape index (κ1) is 27.1. The van der Waals surface area contributed by atoms with E-state index in [-0.39, 0.29) is 17.2 Å². The third kappa shape index (κ3) is 6.31. The Morgan fingerprint density at radius 1 is 1.03 bits per heavy atom. The van der Waals surface area contributed by atoms with Gasteiger partial charge in [0.2, 0.25) is 5.91 Å². The van der Waals surface area contributed by atoms with Gasteiger partial charge in [-0.3, -0.25) is 14.5 Å². The average Bonchev–Trinajstić information content (AvgIpc) is 3.12. The molecule has 1 fully saturated rings. The molecular formula is C28H26F3N3O3S. The van der Waals surface area contributed by atoms with Crippen LogP contribution in [0.3, 0.4) is 0 Å². The Hall–Kier alpha value is -3.92. The fraction of sp³-hybridized carbons (Fsp3) is 0.250. The number of ether oxygens (including phenoxy) is 1. The first-order valence-electron chi connectivity index (χ1n) is 12.1. The Labute approximate surface area is 224 Å². The Kier molecular flexibility index (Phi) is 8.31. The second kappa shape index (κ2) is 11.6. The standard InChI is InChI=1S/C28H26F3N3O3S/c1-2-37-23-13-11-21(12-14-23)32-25(35)18-24-26(36)34(22-10-6-9-20(17-22)28(29,30)31)27(38)33(24)16-15-19-7-4-3-5-8-19/h3-14,17,24H,2,15-16,18H2,1H3,(H,32,35). The topological polar surface area (TPSA) is 61.9 Å². The molecule has 0 bridgehead atoms. The SMILES string of the molecule is CCOc1ccc(NC(=O)CC2C(=O)N(c3cccc(C(F)(F)F)c3)C(=S)N2CCc2ccccc2)cc1. The van der Waals surface area contributed by atoms with Crippen molar-refractivity contribution in [1.29, 1.82) is 0 Å². The van der Waals surface area contributed by atoms with Gasteiger partial charge in [-0.05, 0) is 73.6 Å². The first-order valence-corrected chi connectivity index (χ1v) is 12.5. The normalized spacial score (nSPS) is 15.6. The van der Waals surface area contributed by atoms with E-state index in [1.54, 1.807) is 29.2 Å². The number of thiocarbonyl (C=S) groups is 1. The molecule has 2 amide bonds. The van der Waals surface area contributed by atoms with E-state index in [2.05, 4.69) is 5.32 Å². The van der Waals surface area contributed by atoms with E-state index in [4.69, 9.17) is 17.0 Å². The molecular weight excluding hydrogens is 515 g/mol. The molecule has 0 aromatic heterocycles. The molecule has 3 aromatic rings. The quantitative estimate of drug-likeness (QED) is 0.354. The fourth-order valence-electron chi connectivity index (χ4n) is 4.23. The van der Waals surface area contributed by atoms with Crippen molar-refractivity contribution in [2.75, 3.05) is 23.4 Å². The summed E-state index contributed by atoms with van der Waals surface area (Å²) in [6.07, 6.45) is -4.28. The number of benzene rings is 3. The second-order valence-electron chi connectivity index (χ2n) is 8.66. The highest BCUT2D eigenvalue weighted by Crippen LogP contribution is 2.34. The molecule has 0 spiro atoms. The van der Waals surface area contributed by atoms with Gasteiger partial charge < -0.3 is 15.0 Å². The zero-order valence-corrected chi connectivity index (χ0v) is 21.4. The molecule has 0 saturated carbocycles. The third-order valence-corrected chi connectivity index (χ3v) is 6.48. The molecule has 10 heteroatoms. The van der Waals surface area contributed by atoms with Gasteiger partial charge >= 0.3 is 6.18 Å². The molecule has 1 N–H and O–H groups in total. The predicted molar refractivity (Wildman–Crippen MR) is 143 cm³/mol. The Balaban J connectivity index is 1.56. The molecule has 38 heavy (non-hydrogen) atoms. The number of halogens is 3. The van der Waals surface area contributed by atoms with E-state index in [1.165, 1.54) is 12.1 Å². The van der Waals surface area contributed by atoms with E-state index < -0.39 is 29.6 Å². The van der Waals surface area contributed by atoms with Gasteiger partial charge in [0, 0.05) is 12.2 Å². The largest absolute Gasteiger partial charge is 0.494 e. The number of amides is 2. The monoisotopic (exact) mass is 541 g/mol. The van der Waals surface area contributed by atoms with Crippen molar-refractivity contribution in [3.63, 3.8) is 0 Å². The summed E-state index contributed by atoms with van der Waals surface area (Å²) in [5.74, 6) is -0.319. The molecule has 3 aromatic carbocycles. The van der Waals surface area contributed by atoms with Crippen LogP contribution < -0.4 is 15.0 Å². The predicted octanol–water partition coefficient (Wildman–Crippen LogP) is 5.68. The maximum absolute atomic E-state index is 13.5. The Morgan fingerprint density at radius 2 is 1.74 bits per heavy atom. The van der Waals surface area contributed by atoms with Crippen molar-refractivity contribution in [1.82, 2.24) is 4.90 Å². The fourth-order valence-corrected chi connectivity index (χ4v) is 4.64. The average molecular weight is 542 g/mol. The number of hydrogen-bond acceptors (Lipinski definition) is 4. The summed E-state index contributed by atoms with van der Waals surface area (Å²) in [6, 6.07) is 19.8. The molecule has 1 atom stereocenters. The summed E-state index contributed by atoms with van der Waals surface area (Å²) in [5, 5.41) is 2.83. The minimum absolute atomic E-state index is 0.00829. The number of nitrogens with zero attached hydrogens (tertiary/aromatic N) is 2. The molecule has 6 nitrogen and oxygen atoms in total. The summed E-state index contributed by atoms with van der Waals surface area (Å²) < 4.78 is 45.5. The van der Waals surface area contributed by atoms with Gasteiger partial charge in [0.25, 0.3) is 5.91 Å². The van der Waals surface area contributed by atoms with Crippen molar-refractivity contribution in [3.05, 3.63) is 90.0 Å². The van der Waals surface area contributed by atoms with Crippen LogP contribution >= 0.6 is 12.2 Å². The number of nitrogens with one attached hydrogen (secondary N) is 1. The lowest BCUT2D eigenvalue weighted by Crippen LogP contribution is -2.39. The number of carbonyl (C=O) groups excluding carboxylic acids is 2. The lowest BCUT2D eigenvalue weighted by atomic mass is 10.1. The van der Waals surface area contributed by atoms with Crippen LogP contribution in [0.25, 0.3) is 0 Å². The van der Waals surface area contributed by atoms with Gasteiger partial charge in [-0.2, -0.15) is 13.2 Å². The van der Waals surface area contributed by atoms with Crippen LogP contribution in [0.5, 0.6) is 5.75 Å². The number of carbonyl (C=O) groups is 2. The van der Waals surface area contributed by atoms with Gasteiger partial charge in [-0.25, -0.2) is 0 Å². The van der Waals surface area contributed by atoms with Crippen molar-refractivity contribution < 1.29 is 27.5 Å². The Morgan fingerprint density at radius 3 is 2.39 bits per heavy atom. The molecule has 1 unspecified atom stereocenters. The molecule has 0 aliphatic carbocycles. The summed E-state index contributed by atoms with van der Waals surface area (Å²) >= 11 is 5.58. The van der Waals surface area contributed by atoms with Crippen LogP contribution in [0, 0.1) is 0 Å². The van der Waals surface area contributed by atoms with Crippen LogP contribution in [0.4, 0.5) is 24.5 Å². The minimum atomic E-state index is -4.58. The van der Waals surface area contributed by atoms with Crippen molar-refractivity contribution >= 4 is 40.5 Å². The summed E-state index contributed by atoms with van der Waals surface area (Å²) in [7, 11) is 0. The molecule has 1 aliphatic rings. The van der Waals surface area contributed by atoms with Crippen LogP contribution in [0.15, 0.2) is 78.9 Å². The van der Waals surface area contributed by atoms with Crippen LogP contribution in [0.2, 0.25) is 0 Å². The molecule has 1 aliphatic heterocycles. The van der Waals surface area contributed by atoms with Gasteiger partial charge in [-0.1, -0.05) is 36.4 Å². The van der Waals surface area contributed by atoms with E-state index in [9.17, 15) is 22.8 Å². The van der Waals surface area contributed by atoms with Gasteiger partial charge in [0.05, 0.1) is 24.3 Å². The van der Waals surface area contributed by atoms with Crippen molar-refractivity contribution in [2.45, 2.75) is 32.0 Å². The molecule has 1 heterocycles. The first-order chi connectivity index (χ1) is 18.2. The molecule has 4 rings (SSSR count). The van der Waals surface area contributed by atoms with Crippen LogP contribution in [0.1, 0.15) is 24.5 Å². The van der Waals surface area contributed by atoms with Crippen LogP contribution in [-0.4, -0.2) is 41.0 Å². The van der Waals surface area contributed by atoms with Crippen molar-refractivity contribution in [3.8, 4) is 5.75 Å². The smallest absolute Gasteiger partial charge is 0.416 e. The van der Waals surface area contributed by atoms with Crippen LogP contribution in [-0.2, 0) is 22.2 Å². The lowest BCUT2D eigenvalue weighted by Gasteiger charge is -2.24. The van der Waals surface area contributed by atoms with E-state index in [0.29, 0.717) is 31.0 Å². The zero-order valence-electron chi connectivity index (χ0n) is 20.6. The molecule has 1 saturated heterocycles. The van der Waals surface area contributed by atoms with Gasteiger partial charge in [-0.15, -0.1) is 0 Å².